The first-order valence-electron chi connectivity index (χ1n) is 7.41. The third kappa shape index (κ3) is 6.03. The highest BCUT2D eigenvalue weighted by atomic mass is 32.2. The van der Waals surface area contributed by atoms with Crippen LogP contribution in [-0.4, -0.2) is 55.8 Å². The van der Waals surface area contributed by atoms with Gasteiger partial charge in [-0.3, -0.25) is 9.59 Å². The van der Waals surface area contributed by atoms with Crippen molar-refractivity contribution in [2.45, 2.75) is 40.2 Å². The first kappa shape index (κ1) is 17.9. The van der Waals surface area contributed by atoms with Crippen LogP contribution in [0.25, 0.3) is 0 Å². The highest BCUT2D eigenvalue weighted by Crippen LogP contribution is 2.11. The molecule has 1 heterocycles. The number of sulfone groups is 1. The Morgan fingerprint density at radius 1 is 1.14 bits per heavy atom. The molecule has 21 heavy (non-hydrogen) atoms. The first-order valence-corrected chi connectivity index (χ1v) is 9.23. The van der Waals surface area contributed by atoms with Gasteiger partial charge in [-0.15, -0.1) is 0 Å². The van der Waals surface area contributed by atoms with Gasteiger partial charge >= 0.3 is 11.8 Å². The van der Waals surface area contributed by atoms with Crippen molar-refractivity contribution in [3.05, 3.63) is 0 Å². The molecule has 1 saturated heterocycles. The molecule has 1 rings (SSSR count). The van der Waals surface area contributed by atoms with Gasteiger partial charge < -0.3 is 10.2 Å². The van der Waals surface area contributed by atoms with Gasteiger partial charge in [0.05, 0.1) is 11.5 Å². The van der Waals surface area contributed by atoms with E-state index < -0.39 is 27.7 Å². The fraction of sp³-hybridized carbons (Fsp3) is 0.857. The van der Waals surface area contributed by atoms with Crippen molar-refractivity contribution < 1.29 is 18.0 Å². The van der Waals surface area contributed by atoms with E-state index in [0.29, 0.717) is 19.5 Å². The lowest BCUT2D eigenvalue weighted by Crippen LogP contribution is -2.48. The van der Waals surface area contributed by atoms with E-state index in [1.165, 1.54) is 0 Å². The van der Waals surface area contributed by atoms with Gasteiger partial charge in [0.25, 0.3) is 0 Å². The highest BCUT2D eigenvalue weighted by molar-refractivity contribution is 7.91. The Balaban J connectivity index is 2.63. The lowest BCUT2D eigenvalue weighted by Gasteiger charge is -2.26. The zero-order chi connectivity index (χ0) is 16.2. The van der Waals surface area contributed by atoms with Crippen molar-refractivity contribution in [3.63, 3.8) is 0 Å². The second-order valence-electron chi connectivity index (χ2n) is 6.57. The Kier molecular flexibility index (Phi) is 6.19. The van der Waals surface area contributed by atoms with Gasteiger partial charge in [-0.1, -0.05) is 27.7 Å². The molecular weight excluding hydrogens is 292 g/mol. The minimum absolute atomic E-state index is 0.0691. The molecule has 0 bridgehead atoms. The normalized spacial score (nSPS) is 20.8. The third-order valence-electron chi connectivity index (χ3n) is 3.22. The molecule has 1 aliphatic rings. The quantitative estimate of drug-likeness (QED) is 0.745. The molecule has 1 fully saturated rings. The van der Waals surface area contributed by atoms with Crippen LogP contribution in [0.1, 0.15) is 34.1 Å². The molecule has 1 aliphatic heterocycles. The predicted molar refractivity (Wildman–Crippen MR) is 81.5 cm³/mol. The van der Waals surface area contributed by atoms with E-state index in [4.69, 9.17) is 0 Å². The van der Waals surface area contributed by atoms with Crippen LogP contribution in [0.3, 0.4) is 0 Å². The summed E-state index contributed by atoms with van der Waals surface area (Å²) in [5, 5.41) is 2.55. The molecule has 122 valence electrons. The minimum Gasteiger partial charge on any atom is -0.344 e. The van der Waals surface area contributed by atoms with E-state index in [9.17, 15) is 18.0 Å². The molecule has 2 amide bonds. The average molecular weight is 318 g/mol. The average Bonchev–Trinajstić information content (AvgIpc) is 2.65. The molecule has 7 heteroatoms. The van der Waals surface area contributed by atoms with Crippen molar-refractivity contribution in [3.8, 4) is 0 Å². The summed E-state index contributed by atoms with van der Waals surface area (Å²) < 4.78 is 22.7. The van der Waals surface area contributed by atoms with E-state index in [0.717, 1.165) is 0 Å². The molecular formula is C14H26N2O4S. The molecule has 1 N–H and O–H groups in total. The molecule has 6 nitrogen and oxygen atoms in total. The first-order chi connectivity index (χ1) is 9.60. The van der Waals surface area contributed by atoms with Gasteiger partial charge in [0.1, 0.15) is 0 Å². The van der Waals surface area contributed by atoms with Gasteiger partial charge in [0, 0.05) is 19.1 Å². The maximum absolute atomic E-state index is 12.2. The van der Waals surface area contributed by atoms with Crippen molar-refractivity contribution in [2.24, 2.45) is 11.8 Å². The number of nitrogens with zero attached hydrogens (tertiary/aromatic N) is 1. The summed E-state index contributed by atoms with van der Waals surface area (Å²) in [7, 11) is -3.06. The van der Waals surface area contributed by atoms with Crippen LogP contribution in [0, 0.1) is 11.8 Å². The van der Waals surface area contributed by atoms with Crippen LogP contribution in [0.2, 0.25) is 0 Å². The van der Waals surface area contributed by atoms with Gasteiger partial charge in [0.2, 0.25) is 0 Å². The summed E-state index contributed by atoms with van der Waals surface area (Å²) in [5.41, 5.74) is 0. The second kappa shape index (κ2) is 7.24. The number of carbonyl (C=O) groups excluding carboxylic acids is 2. The molecule has 0 aliphatic carbocycles. The molecule has 1 atom stereocenters. The van der Waals surface area contributed by atoms with Crippen molar-refractivity contribution in [1.82, 2.24) is 10.2 Å². The summed E-state index contributed by atoms with van der Waals surface area (Å²) in [5.74, 6) is -0.714. The Morgan fingerprint density at radius 2 is 1.67 bits per heavy atom. The van der Waals surface area contributed by atoms with Crippen LogP contribution in [0.4, 0.5) is 0 Å². The fourth-order valence-electron chi connectivity index (χ4n) is 2.42. The van der Waals surface area contributed by atoms with E-state index in [1.54, 1.807) is 4.90 Å². The number of amides is 2. The smallest absolute Gasteiger partial charge is 0.311 e. The van der Waals surface area contributed by atoms with Gasteiger partial charge in [-0.2, -0.15) is 0 Å². The van der Waals surface area contributed by atoms with Crippen molar-refractivity contribution in [1.29, 1.82) is 0 Å². The summed E-state index contributed by atoms with van der Waals surface area (Å²) in [6.07, 6.45) is 0.385. The lowest BCUT2D eigenvalue weighted by atomic mass is 10.1. The van der Waals surface area contributed by atoms with Crippen LogP contribution in [0.15, 0.2) is 0 Å². The Labute approximate surface area is 127 Å². The van der Waals surface area contributed by atoms with Gasteiger partial charge in [-0.25, -0.2) is 8.42 Å². The zero-order valence-corrected chi connectivity index (χ0v) is 14.1. The fourth-order valence-corrected chi connectivity index (χ4v) is 4.09. The number of nitrogens with one attached hydrogen (secondary N) is 1. The van der Waals surface area contributed by atoms with Crippen LogP contribution >= 0.6 is 0 Å². The monoisotopic (exact) mass is 318 g/mol. The van der Waals surface area contributed by atoms with Gasteiger partial charge in [0.15, 0.2) is 9.84 Å². The maximum atomic E-state index is 12.2. The molecule has 1 unspecified atom stereocenters. The van der Waals surface area contributed by atoms with E-state index in [1.807, 2.05) is 27.7 Å². The van der Waals surface area contributed by atoms with Gasteiger partial charge in [-0.05, 0) is 18.3 Å². The molecule has 0 radical (unpaired) electrons. The number of hydrogen-bond donors (Lipinski definition) is 1. The molecule has 0 aromatic rings. The summed E-state index contributed by atoms with van der Waals surface area (Å²) in [6, 6.07) is -0.439. The van der Waals surface area contributed by atoms with Crippen LogP contribution < -0.4 is 5.32 Å². The number of carbonyl (C=O) groups is 2. The number of rotatable bonds is 5. The van der Waals surface area contributed by atoms with Crippen molar-refractivity contribution >= 4 is 21.7 Å². The summed E-state index contributed by atoms with van der Waals surface area (Å²) >= 11 is 0. The van der Waals surface area contributed by atoms with E-state index >= 15 is 0 Å². The van der Waals surface area contributed by atoms with Crippen molar-refractivity contribution in [2.75, 3.05) is 24.6 Å². The second-order valence-corrected chi connectivity index (χ2v) is 8.80. The third-order valence-corrected chi connectivity index (χ3v) is 4.99. The standard InChI is InChI=1S/C14H26N2O4S/c1-10(2)7-16(8-11(3)4)14(18)13(17)15-12-5-6-21(19,20)9-12/h10-12H,5-9H2,1-4H3,(H,15,17). The molecule has 0 aromatic heterocycles. The highest BCUT2D eigenvalue weighted by Gasteiger charge is 2.32. The SMILES string of the molecule is CC(C)CN(CC(C)C)C(=O)C(=O)NC1CCS(=O)(=O)C1. The number of hydrogen-bond acceptors (Lipinski definition) is 4. The largest absolute Gasteiger partial charge is 0.344 e. The summed E-state index contributed by atoms with van der Waals surface area (Å²) in [6.45, 7) is 9.00. The van der Waals surface area contributed by atoms with E-state index in [2.05, 4.69) is 5.32 Å². The lowest BCUT2D eigenvalue weighted by molar-refractivity contribution is -0.146. The van der Waals surface area contributed by atoms with Crippen LogP contribution in [-0.2, 0) is 19.4 Å². The predicted octanol–water partition coefficient (Wildman–Crippen LogP) is 0.430. The summed E-state index contributed by atoms with van der Waals surface area (Å²) in [4.78, 5) is 25.8. The Morgan fingerprint density at radius 3 is 2.05 bits per heavy atom. The molecule has 0 aromatic carbocycles. The zero-order valence-electron chi connectivity index (χ0n) is 13.3. The molecule has 0 saturated carbocycles. The Hall–Kier alpha value is -1.11. The maximum Gasteiger partial charge on any atom is 0.311 e. The molecule has 0 spiro atoms. The van der Waals surface area contributed by atoms with Crippen LogP contribution in [0.5, 0.6) is 0 Å². The minimum atomic E-state index is -3.06. The Bertz CT molecular complexity index is 475. The topological polar surface area (TPSA) is 83.6 Å². The van der Waals surface area contributed by atoms with E-state index in [-0.39, 0.29) is 23.3 Å².